The fraction of sp³-hybridized carbons (Fsp3) is 0.192. The molecule has 6 nitrogen and oxygen atoms in total. The number of rotatable bonds is 6. The van der Waals surface area contributed by atoms with Crippen LogP contribution < -0.4 is 9.54 Å². The van der Waals surface area contributed by atoms with Gasteiger partial charge >= 0.3 is 5.97 Å². The molecule has 1 heterocycles. The van der Waals surface area contributed by atoms with Crippen LogP contribution in [0.5, 0.6) is 11.5 Å². The summed E-state index contributed by atoms with van der Waals surface area (Å²) in [5.74, 6) is 0.224. The van der Waals surface area contributed by atoms with E-state index in [0.717, 1.165) is 21.3 Å². The highest BCUT2D eigenvalue weighted by atomic mass is 32.1. The summed E-state index contributed by atoms with van der Waals surface area (Å²) in [4.78, 5) is 30.3. The molecule has 0 saturated heterocycles. The lowest BCUT2D eigenvalue weighted by Gasteiger charge is -2.09. The van der Waals surface area contributed by atoms with Crippen LogP contribution in [-0.4, -0.2) is 23.1 Å². The van der Waals surface area contributed by atoms with Gasteiger partial charge in [0.2, 0.25) is 0 Å². The number of carbonyl (C=O) groups is 2. The number of thiazole rings is 1. The second kappa shape index (κ2) is 9.83. The molecule has 0 unspecified atom stereocenters. The highest BCUT2D eigenvalue weighted by molar-refractivity contribution is 7.16. The Bertz CT molecular complexity index is 1390. The van der Waals surface area contributed by atoms with Gasteiger partial charge in [0, 0.05) is 0 Å². The molecule has 0 aliphatic heterocycles. The van der Waals surface area contributed by atoms with Crippen LogP contribution in [0, 0.1) is 13.8 Å². The molecule has 7 heteroatoms. The maximum Gasteiger partial charge on any atom is 0.326 e. The quantitative estimate of drug-likeness (QED) is 0.361. The van der Waals surface area contributed by atoms with Gasteiger partial charge in [-0.2, -0.15) is 4.99 Å². The van der Waals surface area contributed by atoms with Gasteiger partial charge in [0.05, 0.1) is 22.4 Å². The smallest absolute Gasteiger partial charge is 0.326 e. The molecular weight excluding hydrogens is 436 g/mol. The summed E-state index contributed by atoms with van der Waals surface area (Å²) in [6.07, 6.45) is 0. The highest BCUT2D eigenvalue weighted by Gasteiger charge is 2.16. The molecule has 33 heavy (non-hydrogen) atoms. The summed E-state index contributed by atoms with van der Waals surface area (Å²) in [5, 5.41) is 0. The molecule has 3 aromatic carbocycles. The lowest BCUT2D eigenvalue weighted by atomic mass is 10.1. The van der Waals surface area contributed by atoms with Crippen LogP contribution in [0.15, 0.2) is 71.7 Å². The van der Waals surface area contributed by atoms with E-state index >= 15 is 0 Å². The number of hydrogen-bond acceptors (Lipinski definition) is 5. The Morgan fingerprint density at radius 2 is 1.67 bits per heavy atom. The minimum Gasteiger partial charge on any atom is -0.465 e. The molecule has 0 atom stereocenters. The first kappa shape index (κ1) is 22.5. The van der Waals surface area contributed by atoms with Crippen molar-refractivity contribution in [2.75, 3.05) is 6.61 Å². The number of esters is 1. The Hall–Kier alpha value is -3.71. The molecule has 0 aliphatic rings. The first-order valence-corrected chi connectivity index (χ1v) is 11.4. The van der Waals surface area contributed by atoms with Crippen molar-refractivity contribution in [3.05, 3.63) is 88.2 Å². The van der Waals surface area contributed by atoms with Gasteiger partial charge in [-0.15, -0.1) is 0 Å². The molecule has 1 aromatic heterocycles. The van der Waals surface area contributed by atoms with E-state index in [1.807, 2.05) is 56.3 Å². The molecule has 0 N–H and O–H groups in total. The zero-order valence-corrected chi connectivity index (χ0v) is 19.5. The standard InChI is InChI=1S/C26H24N2O4S/c1-4-31-24(29)16-28-21-14-17(2)18(3)15-23(21)33-26(28)27-25(30)20-12-8-9-13-22(20)32-19-10-6-5-7-11-19/h5-15H,4,16H2,1-3H3. The van der Waals surface area contributed by atoms with Gasteiger partial charge in [-0.3, -0.25) is 9.59 Å². The minimum absolute atomic E-state index is 0.0232. The number of fused-ring (bicyclic) bond motifs is 1. The summed E-state index contributed by atoms with van der Waals surface area (Å²) >= 11 is 1.37. The SMILES string of the molecule is CCOC(=O)Cn1c(=NC(=O)c2ccccc2Oc2ccccc2)sc2cc(C)c(C)cc21. The van der Waals surface area contributed by atoms with Crippen LogP contribution in [-0.2, 0) is 16.1 Å². The van der Waals surface area contributed by atoms with Gasteiger partial charge in [-0.05, 0) is 68.3 Å². The number of aryl methyl sites for hydroxylation is 2. The molecule has 0 saturated carbocycles. The van der Waals surface area contributed by atoms with Crippen LogP contribution in [0.4, 0.5) is 0 Å². The van der Waals surface area contributed by atoms with Gasteiger partial charge in [0.1, 0.15) is 18.0 Å². The van der Waals surface area contributed by atoms with E-state index in [4.69, 9.17) is 9.47 Å². The van der Waals surface area contributed by atoms with Crippen molar-refractivity contribution in [1.29, 1.82) is 0 Å². The molecule has 1 amide bonds. The first-order chi connectivity index (χ1) is 16.0. The van der Waals surface area contributed by atoms with Crippen molar-refractivity contribution in [2.24, 2.45) is 4.99 Å². The molecule has 0 spiro atoms. The van der Waals surface area contributed by atoms with Crippen LogP contribution in [0.2, 0.25) is 0 Å². The number of hydrogen-bond donors (Lipinski definition) is 0. The number of para-hydroxylation sites is 2. The second-order valence-electron chi connectivity index (χ2n) is 7.51. The Labute approximate surface area is 195 Å². The second-order valence-corrected chi connectivity index (χ2v) is 8.52. The maximum absolute atomic E-state index is 13.2. The van der Waals surface area contributed by atoms with Gasteiger partial charge in [-0.1, -0.05) is 41.7 Å². The summed E-state index contributed by atoms with van der Waals surface area (Å²) in [7, 11) is 0. The summed E-state index contributed by atoms with van der Waals surface area (Å²) in [6.45, 7) is 6.07. The first-order valence-electron chi connectivity index (χ1n) is 10.6. The van der Waals surface area contributed by atoms with Gasteiger partial charge in [0.15, 0.2) is 4.80 Å². The highest BCUT2D eigenvalue weighted by Crippen LogP contribution is 2.26. The molecule has 4 rings (SSSR count). The Morgan fingerprint density at radius 1 is 0.970 bits per heavy atom. The van der Waals surface area contributed by atoms with E-state index in [9.17, 15) is 9.59 Å². The fourth-order valence-corrected chi connectivity index (χ4v) is 4.50. The van der Waals surface area contributed by atoms with Crippen molar-refractivity contribution < 1.29 is 19.1 Å². The van der Waals surface area contributed by atoms with Crippen molar-refractivity contribution in [1.82, 2.24) is 4.57 Å². The molecule has 0 radical (unpaired) electrons. The fourth-order valence-electron chi connectivity index (χ4n) is 3.39. The molecule has 0 bridgehead atoms. The average Bonchev–Trinajstić information content (AvgIpc) is 3.11. The average molecular weight is 461 g/mol. The van der Waals surface area contributed by atoms with E-state index in [0.29, 0.717) is 21.9 Å². The number of ether oxygens (including phenoxy) is 2. The Kier molecular flexibility index (Phi) is 6.70. The van der Waals surface area contributed by atoms with Crippen molar-refractivity contribution in [3.8, 4) is 11.5 Å². The van der Waals surface area contributed by atoms with E-state index in [1.165, 1.54) is 11.3 Å². The summed E-state index contributed by atoms with van der Waals surface area (Å²) in [6, 6.07) is 20.3. The van der Waals surface area contributed by atoms with Crippen LogP contribution in [0.25, 0.3) is 10.2 Å². The third-order valence-electron chi connectivity index (χ3n) is 5.18. The number of carbonyl (C=O) groups excluding carboxylic acids is 2. The van der Waals surface area contributed by atoms with Crippen LogP contribution >= 0.6 is 11.3 Å². The van der Waals surface area contributed by atoms with Crippen molar-refractivity contribution in [3.63, 3.8) is 0 Å². The number of aromatic nitrogens is 1. The molecule has 168 valence electrons. The monoisotopic (exact) mass is 460 g/mol. The Balaban J connectivity index is 1.79. The van der Waals surface area contributed by atoms with Gasteiger partial charge < -0.3 is 14.0 Å². The largest absolute Gasteiger partial charge is 0.465 e. The molecule has 0 aliphatic carbocycles. The van der Waals surface area contributed by atoms with Crippen molar-refractivity contribution in [2.45, 2.75) is 27.3 Å². The number of amides is 1. The van der Waals surface area contributed by atoms with E-state index < -0.39 is 5.91 Å². The summed E-state index contributed by atoms with van der Waals surface area (Å²) in [5.41, 5.74) is 3.41. The molecule has 0 fully saturated rings. The zero-order chi connectivity index (χ0) is 23.4. The van der Waals surface area contributed by atoms with Crippen LogP contribution in [0.3, 0.4) is 0 Å². The number of benzene rings is 3. The summed E-state index contributed by atoms with van der Waals surface area (Å²) < 4.78 is 13.8. The van der Waals surface area contributed by atoms with Crippen LogP contribution in [0.1, 0.15) is 28.4 Å². The van der Waals surface area contributed by atoms with E-state index in [2.05, 4.69) is 4.99 Å². The van der Waals surface area contributed by atoms with E-state index in [1.54, 1.807) is 35.8 Å². The minimum atomic E-state index is -0.445. The third kappa shape index (κ3) is 5.04. The number of nitrogens with zero attached hydrogens (tertiary/aromatic N) is 2. The third-order valence-corrected chi connectivity index (χ3v) is 6.22. The predicted molar refractivity (Wildman–Crippen MR) is 129 cm³/mol. The predicted octanol–water partition coefficient (Wildman–Crippen LogP) is 5.42. The van der Waals surface area contributed by atoms with Gasteiger partial charge in [0.25, 0.3) is 5.91 Å². The van der Waals surface area contributed by atoms with Crippen molar-refractivity contribution >= 4 is 33.4 Å². The lowest BCUT2D eigenvalue weighted by molar-refractivity contribution is -0.143. The Morgan fingerprint density at radius 3 is 2.42 bits per heavy atom. The normalized spacial score (nSPS) is 11.5. The van der Waals surface area contributed by atoms with E-state index in [-0.39, 0.29) is 19.1 Å². The topological polar surface area (TPSA) is 69.9 Å². The van der Waals surface area contributed by atoms with Gasteiger partial charge in [-0.25, -0.2) is 0 Å². The zero-order valence-electron chi connectivity index (χ0n) is 18.7. The molecular formula is C26H24N2O4S. The maximum atomic E-state index is 13.2. The molecule has 4 aromatic rings. The lowest BCUT2D eigenvalue weighted by Crippen LogP contribution is -2.23.